The SMILES string of the molecule is O=C(/C=C/c1ccc(Cl)c(C(F)(F)F)c1)N(CCO)Cc1ccccc1. The zero-order valence-electron chi connectivity index (χ0n) is 13.7. The fraction of sp³-hybridized carbons (Fsp3) is 0.211. The van der Waals surface area contributed by atoms with Crippen LogP contribution in [0.25, 0.3) is 6.08 Å². The number of carbonyl (C=O) groups excluding carboxylic acids is 1. The van der Waals surface area contributed by atoms with Crippen LogP contribution in [0, 0.1) is 0 Å². The second kappa shape index (κ2) is 8.87. The highest BCUT2D eigenvalue weighted by atomic mass is 35.5. The van der Waals surface area contributed by atoms with Gasteiger partial charge in [0.1, 0.15) is 0 Å². The Morgan fingerprint density at radius 2 is 1.85 bits per heavy atom. The molecule has 0 saturated heterocycles. The van der Waals surface area contributed by atoms with Gasteiger partial charge in [0, 0.05) is 19.2 Å². The summed E-state index contributed by atoms with van der Waals surface area (Å²) in [6, 6.07) is 12.6. The summed E-state index contributed by atoms with van der Waals surface area (Å²) in [5.74, 6) is -0.411. The van der Waals surface area contributed by atoms with Crippen molar-refractivity contribution in [3.05, 3.63) is 76.3 Å². The lowest BCUT2D eigenvalue weighted by molar-refractivity contribution is -0.137. The van der Waals surface area contributed by atoms with Gasteiger partial charge in [-0.2, -0.15) is 13.2 Å². The maximum absolute atomic E-state index is 12.9. The summed E-state index contributed by atoms with van der Waals surface area (Å²) < 4.78 is 38.7. The Labute approximate surface area is 154 Å². The molecule has 0 bridgehead atoms. The first-order chi connectivity index (χ1) is 12.3. The van der Waals surface area contributed by atoms with E-state index in [4.69, 9.17) is 16.7 Å². The Morgan fingerprint density at radius 3 is 2.46 bits per heavy atom. The van der Waals surface area contributed by atoms with Gasteiger partial charge in [0.2, 0.25) is 5.91 Å². The number of hydrogen-bond acceptors (Lipinski definition) is 2. The van der Waals surface area contributed by atoms with E-state index < -0.39 is 22.7 Å². The van der Waals surface area contributed by atoms with Gasteiger partial charge in [-0.05, 0) is 29.3 Å². The third-order valence-corrected chi connectivity index (χ3v) is 3.94. The molecule has 1 amide bonds. The predicted molar refractivity (Wildman–Crippen MR) is 94.4 cm³/mol. The fourth-order valence-corrected chi connectivity index (χ4v) is 2.55. The monoisotopic (exact) mass is 383 g/mol. The molecule has 2 rings (SSSR count). The summed E-state index contributed by atoms with van der Waals surface area (Å²) in [7, 11) is 0. The van der Waals surface area contributed by atoms with Crippen LogP contribution in [-0.4, -0.2) is 29.1 Å². The number of amides is 1. The van der Waals surface area contributed by atoms with Crippen molar-refractivity contribution in [2.45, 2.75) is 12.7 Å². The van der Waals surface area contributed by atoms with Crippen molar-refractivity contribution >= 4 is 23.6 Å². The average molecular weight is 384 g/mol. The lowest BCUT2D eigenvalue weighted by Gasteiger charge is -2.20. The van der Waals surface area contributed by atoms with E-state index in [-0.39, 0.29) is 18.7 Å². The van der Waals surface area contributed by atoms with Crippen LogP contribution >= 0.6 is 11.6 Å². The quantitative estimate of drug-likeness (QED) is 0.751. The molecule has 7 heteroatoms. The smallest absolute Gasteiger partial charge is 0.395 e. The lowest BCUT2D eigenvalue weighted by atomic mass is 10.1. The second-order valence-corrected chi connectivity index (χ2v) is 5.95. The summed E-state index contributed by atoms with van der Waals surface area (Å²) in [5.41, 5.74) is 0.137. The summed E-state index contributed by atoms with van der Waals surface area (Å²) in [6.45, 7) is 0.192. The van der Waals surface area contributed by atoms with Gasteiger partial charge < -0.3 is 10.0 Å². The van der Waals surface area contributed by atoms with Gasteiger partial charge >= 0.3 is 6.18 Å². The van der Waals surface area contributed by atoms with Crippen molar-refractivity contribution in [2.75, 3.05) is 13.2 Å². The van der Waals surface area contributed by atoms with Crippen molar-refractivity contribution in [1.82, 2.24) is 4.90 Å². The minimum atomic E-state index is -4.57. The van der Waals surface area contributed by atoms with Crippen LogP contribution in [0.2, 0.25) is 5.02 Å². The normalized spacial score (nSPS) is 11.7. The molecule has 0 fully saturated rings. The standard InChI is InChI=1S/C19H17ClF3NO2/c20-17-8-6-14(12-16(17)19(21,22)23)7-9-18(26)24(10-11-25)13-15-4-2-1-3-5-15/h1-9,12,25H,10-11,13H2/b9-7+. The number of aliphatic hydroxyl groups is 1. The summed E-state index contributed by atoms with van der Waals surface area (Å²) in [6.07, 6.45) is -2.09. The molecule has 2 aromatic carbocycles. The van der Waals surface area contributed by atoms with Gasteiger partial charge in [0.15, 0.2) is 0 Å². The van der Waals surface area contributed by atoms with E-state index in [9.17, 15) is 18.0 Å². The molecule has 3 nitrogen and oxygen atoms in total. The number of rotatable bonds is 6. The molecule has 138 valence electrons. The maximum Gasteiger partial charge on any atom is 0.417 e. The summed E-state index contributed by atoms with van der Waals surface area (Å²) in [5, 5.41) is 8.75. The molecule has 0 saturated carbocycles. The van der Waals surface area contributed by atoms with Gasteiger partial charge in [-0.15, -0.1) is 0 Å². The molecule has 0 radical (unpaired) electrons. The van der Waals surface area contributed by atoms with Crippen molar-refractivity contribution in [3.8, 4) is 0 Å². The third kappa shape index (κ3) is 5.61. The highest BCUT2D eigenvalue weighted by molar-refractivity contribution is 6.31. The van der Waals surface area contributed by atoms with Gasteiger partial charge in [-0.25, -0.2) is 0 Å². The van der Waals surface area contributed by atoms with Crippen molar-refractivity contribution in [1.29, 1.82) is 0 Å². The lowest BCUT2D eigenvalue weighted by Crippen LogP contribution is -2.31. The highest BCUT2D eigenvalue weighted by Crippen LogP contribution is 2.35. The largest absolute Gasteiger partial charge is 0.417 e. The third-order valence-electron chi connectivity index (χ3n) is 3.61. The molecule has 2 aromatic rings. The first-order valence-corrected chi connectivity index (χ1v) is 8.17. The van der Waals surface area contributed by atoms with Gasteiger partial charge in [-0.3, -0.25) is 4.79 Å². The van der Waals surface area contributed by atoms with Gasteiger partial charge in [-0.1, -0.05) is 48.0 Å². The molecule has 0 aliphatic heterocycles. The van der Waals surface area contributed by atoms with Gasteiger partial charge in [0.05, 0.1) is 17.2 Å². The Balaban J connectivity index is 2.15. The van der Waals surface area contributed by atoms with Crippen molar-refractivity contribution < 1.29 is 23.1 Å². The van der Waals surface area contributed by atoms with E-state index in [0.29, 0.717) is 6.54 Å². The fourth-order valence-electron chi connectivity index (χ4n) is 2.33. The van der Waals surface area contributed by atoms with Crippen LogP contribution in [0.4, 0.5) is 13.2 Å². The first kappa shape index (κ1) is 20.0. The Kier molecular flexibility index (Phi) is 6.83. The van der Waals surface area contributed by atoms with Crippen molar-refractivity contribution in [2.24, 2.45) is 0 Å². The minimum Gasteiger partial charge on any atom is -0.395 e. The Hall–Kier alpha value is -2.31. The molecule has 0 aliphatic carbocycles. The van der Waals surface area contributed by atoms with Crippen LogP contribution in [0.5, 0.6) is 0 Å². The molecule has 0 atom stereocenters. The number of carbonyl (C=O) groups is 1. The van der Waals surface area contributed by atoms with E-state index in [2.05, 4.69) is 0 Å². The number of benzene rings is 2. The zero-order chi connectivity index (χ0) is 19.2. The van der Waals surface area contributed by atoms with Crippen LogP contribution in [0.1, 0.15) is 16.7 Å². The van der Waals surface area contributed by atoms with Crippen LogP contribution in [0.3, 0.4) is 0 Å². The maximum atomic E-state index is 12.9. The number of hydrogen-bond donors (Lipinski definition) is 1. The molecule has 0 aliphatic rings. The van der Waals surface area contributed by atoms with E-state index in [1.807, 2.05) is 30.3 Å². The molecule has 26 heavy (non-hydrogen) atoms. The molecule has 0 heterocycles. The van der Waals surface area contributed by atoms with E-state index in [0.717, 1.165) is 17.7 Å². The Bertz CT molecular complexity index is 776. The molecule has 0 spiro atoms. The number of nitrogens with zero attached hydrogens (tertiary/aromatic N) is 1. The summed E-state index contributed by atoms with van der Waals surface area (Å²) >= 11 is 5.58. The van der Waals surface area contributed by atoms with E-state index in [1.165, 1.54) is 23.1 Å². The number of alkyl halides is 3. The van der Waals surface area contributed by atoms with E-state index in [1.54, 1.807) is 0 Å². The molecular formula is C19H17ClF3NO2. The van der Waals surface area contributed by atoms with Crippen LogP contribution in [0.15, 0.2) is 54.6 Å². The predicted octanol–water partition coefficient (Wildman–Crippen LogP) is 4.39. The molecule has 0 unspecified atom stereocenters. The number of halogens is 4. The van der Waals surface area contributed by atoms with Crippen molar-refractivity contribution in [3.63, 3.8) is 0 Å². The second-order valence-electron chi connectivity index (χ2n) is 5.54. The van der Waals surface area contributed by atoms with Crippen LogP contribution in [-0.2, 0) is 17.5 Å². The minimum absolute atomic E-state index is 0.118. The summed E-state index contributed by atoms with van der Waals surface area (Å²) in [4.78, 5) is 13.7. The average Bonchev–Trinajstić information content (AvgIpc) is 2.60. The highest BCUT2D eigenvalue weighted by Gasteiger charge is 2.33. The van der Waals surface area contributed by atoms with Gasteiger partial charge in [0.25, 0.3) is 0 Å². The Morgan fingerprint density at radius 1 is 1.15 bits per heavy atom. The number of aliphatic hydroxyl groups excluding tert-OH is 1. The van der Waals surface area contributed by atoms with E-state index >= 15 is 0 Å². The zero-order valence-corrected chi connectivity index (χ0v) is 14.5. The first-order valence-electron chi connectivity index (χ1n) is 7.80. The molecule has 1 N–H and O–H groups in total. The van der Waals surface area contributed by atoms with Crippen LogP contribution < -0.4 is 0 Å². The molecule has 0 aromatic heterocycles. The molecular weight excluding hydrogens is 367 g/mol. The topological polar surface area (TPSA) is 40.5 Å².